The lowest BCUT2D eigenvalue weighted by Crippen LogP contribution is -2.10. The number of hydrogen-bond acceptors (Lipinski definition) is 10. The lowest BCUT2D eigenvalue weighted by molar-refractivity contribution is -0.114. The number of nitrogens with one attached hydrogen (secondary N) is 1. The van der Waals surface area contributed by atoms with Gasteiger partial charge in [0.25, 0.3) is 0 Å². The summed E-state index contributed by atoms with van der Waals surface area (Å²) in [7, 11) is 7.13. The normalized spacial score (nSPS) is 10.8. The van der Waals surface area contributed by atoms with Crippen LogP contribution < -0.4 is 24.4 Å². The number of hydrogen-bond donors (Lipinski definition) is 1. The van der Waals surface area contributed by atoms with Crippen LogP contribution in [-0.2, 0) is 14.3 Å². The Bertz CT molecular complexity index is 1460. The van der Waals surface area contributed by atoms with Gasteiger partial charge in [0.2, 0.25) is 11.8 Å². The predicted octanol–water partition coefficient (Wildman–Crippen LogP) is 4.56. The Labute approximate surface area is 233 Å². The first-order chi connectivity index (χ1) is 19.4. The highest BCUT2D eigenvalue weighted by Gasteiger charge is 2.16. The average molecular weight is 548 g/mol. The summed E-state index contributed by atoms with van der Waals surface area (Å²) in [6.07, 6.45) is 3.15. The molecule has 2 aromatic carbocycles. The second-order valence-electron chi connectivity index (χ2n) is 8.96. The molecule has 2 heterocycles. The Morgan fingerprint density at radius 1 is 0.875 bits per heavy atom. The number of carbonyl (C=O) groups excluding carboxylic acids is 1. The average Bonchev–Trinajstić information content (AvgIpc) is 2.94. The van der Waals surface area contributed by atoms with E-state index in [1.807, 2.05) is 37.2 Å². The van der Waals surface area contributed by atoms with Crippen LogP contribution in [0.4, 0.5) is 11.4 Å². The molecular formula is C29H33N5O6. The lowest BCUT2D eigenvalue weighted by Gasteiger charge is -2.16. The van der Waals surface area contributed by atoms with Gasteiger partial charge < -0.3 is 33.9 Å². The number of pyridine rings is 1. The monoisotopic (exact) mass is 547 g/mol. The van der Waals surface area contributed by atoms with Crippen molar-refractivity contribution in [3.8, 4) is 34.4 Å². The third kappa shape index (κ3) is 7.13. The molecule has 0 spiro atoms. The number of nitrogens with zero attached hydrogens (tertiary/aromatic N) is 4. The molecule has 0 atom stereocenters. The van der Waals surface area contributed by atoms with Crippen molar-refractivity contribution in [1.29, 1.82) is 0 Å². The summed E-state index contributed by atoms with van der Waals surface area (Å²) in [6.45, 7) is 2.99. The number of fused-ring (bicyclic) bond motifs is 1. The molecule has 1 amide bonds. The van der Waals surface area contributed by atoms with E-state index in [4.69, 9.17) is 23.7 Å². The van der Waals surface area contributed by atoms with Crippen LogP contribution >= 0.6 is 0 Å². The fraction of sp³-hybridized carbons (Fsp3) is 0.310. The Morgan fingerprint density at radius 2 is 1.60 bits per heavy atom. The molecule has 4 aromatic rings. The minimum Gasteiger partial charge on any atom is -0.487 e. The summed E-state index contributed by atoms with van der Waals surface area (Å²) >= 11 is 0. The van der Waals surface area contributed by atoms with E-state index in [9.17, 15) is 4.79 Å². The van der Waals surface area contributed by atoms with E-state index in [2.05, 4.69) is 20.3 Å². The van der Waals surface area contributed by atoms with Crippen LogP contribution in [0.3, 0.4) is 0 Å². The summed E-state index contributed by atoms with van der Waals surface area (Å²) in [5.41, 5.74) is 3.58. The number of benzene rings is 2. The van der Waals surface area contributed by atoms with Gasteiger partial charge in [0.1, 0.15) is 25.3 Å². The molecule has 0 saturated heterocycles. The van der Waals surface area contributed by atoms with Gasteiger partial charge in [-0.2, -0.15) is 0 Å². The SMILES string of the molecule is COCCOc1cc2ncnc(Oc3ccc(NC(C)=O)c(-c4cc(N(C)C)ccn4)c3)c2cc1OCCOC. The highest BCUT2D eigenvalue weighted by molar-refractivity contribution is 5.94. The summed E-state index contributed by atoms with van der Waals surface area (Å²) < 4.78 is 28.3. The first kappa shape index (κ1) is 28.5. The van der Waals surface area contributed by atoms with E-state index < -0.39 is 0 Å². The molecule has 0 aliphatic rings. The third-order valence-electron chi connectivity index (χ3n) is 5.81. The van der Waals surface area contributed by atoms with Crippen molar-refractivity contribution >= 4 is 28.2 Å². The van der Waals surface area contributed by atoms with Gasteiger partial charge in [0.15, 0.2) is 11.5 Å². The summed E-state index contributed by atoms with van der Waals surface area (Å²) in [5.74, 6) is 1.68. The van der Waals surface area contributed by atoms with Crippen LogP contribution in [0.1, 0.15) is 6.92 Å². The minimum absolute atomic E-state index is 0.190. The zero-order valence-electron chi connectivity index (χ0n) is 23.3. The van der Waals surface area contributed by atoms with E-state index >= 15 is 0 Å². The fourth-order valence-electron chi connectivity index (χ4n) is 3.87. The standard InChI is InChI=1S/C29H33N5O6/c1-19(35)33-24-7-6-21(15-22(24)25-14-20(34(2)3)8-9-30-25)40-29-23-16-27(38-12-10-36-4)28(39-13-11-37-5)17-26(23)31-18-32-29/h6-9,14-18H,10-13H2,1-5H3,(H,33,35). The maximum Gasteiger partial charge on any atom is 0.230 e. The molecule has 11 nitrogen and oxygen atoms in total. The molecule has 210 valence electrons. The van der Waals surface area contributed by atoms with Crippen molar-refractivity contribution in [2.45, 2.75) is 6.92 Å². The van der Waals surface area contributed by atoms with Gasteiger partial charge in [0, 0.05) is 58.8 Å². The van der Waals surface area contributed by atoms with E-state index in [0.29, 0.717) is 77.4 Å². The number of amides is 1. The van der Waals surface area contributed by atoms with Crippen molar-refractivity contribution in [3.63, 3.8) is 0 Å². The zero-order chi connectivity index (χ0) is 28.5. The van der Waals surface area contributed by atoms with E-state index in [1.165, 1.54) is 13.3 Å². The molecule has 0 aliphatic carbocycles. The second-order valence-corrected chi connectivity index (χ2v) is 8.96. The number of anilines is 2. The van der Waals surface area contributed by atoms with Crippen LogP contribution in [0.2, 0.25) is 0 Å². The number of ether oxygens (including phenoxy) is 5. The smallest absolute Gasteiger partial charge is 0.230 e. The molecule has 0 saturated carbocycles. The molecule has 0 unspecified atom stereocenters. The zero-order valence-corrected chi connectivity index (χ0v) is 23.3. The molecule has 11 heteroatoms. The van der Waals surface area contributed by atoms with Gasteiger partial charge in [-0.25, -0.2) is 9.97 Å². The first-order valence-electron chi connectivity index (χ1n) is 12.6. The highest BCUT2D eigenvalue weighted by atomic mass is 16.5. The topological polar surface area (TPSA) is 117 Å². The van der Waals surface area contributed by atoms with Gasteiger partial charge in [-0.3, -0.25) is 9.78 Å². The summed E-state index contributed by atoms with van der Waals surface area (Å²) in [5, 5.41) is 3.51. The number of rotatable bonds is 13. The Kier molecular flexibility index (Phi) is 9.66. The molecule has 0 bridgehead atoms. The number of carbonyl (C=O) groups is 1. The van der Waals surface area contributed by atoms with Crippen molar-refractivity contribution in [1.82, 2.24) is 15.0 Å². The molecule has 2 aromatic heterocycles. The second kappa shape index (κ2) is 13.5. The number of aromatic nitrogens is 3. The van der Waals surface area contributed by atoms with Gasteiger partial charge in [-0.1, -0.05) is 0 Å². The molecule has 0 aliphatic heterocycles. The van der Waals surface area contributed by atoms with Crippen LogP contribution in [0.15, 0.2) is 55.0 Å². The van der Waals surface area contributed by atoms with Crippen molar-refractivity contribution in [3.05, 3.63) is 55.0 Å². The van der Waals surface area contributed by atoms with Crippen LogP contribution in [0.5, 0.6) is 23.1 Å². The molecule has 40 heavy (non-hydrogen) atoms. The largest absolute Gasteiger partial charge is 0.487 e. The van der Waals surface area contributed by atoms with E-state index in [1.54, 1.807) is 44.7 Å². The Morgan fingerprint density at radius 3 is 2.27 bits per heavy atom. The van der Waals surface area contributed by atoms with Crippen molar-refractivity contribution in [2.75, 3.05) is 65.0 Å². The van der Waals surface area contributed by atoms with Crippen LogP contribution in [-0.4, -0.2) is 75.6 Å². The first-order valence-corrected chi connectivity index (χ1v) is 12.6. The van der Waals surface area contributed by atoms with Crippen molar-refractivity contribution < 1.29 is 28.5 Å². The lowest BCUT2D eigenvalue weighted by atomic mass is 10.1. The predicted molar refractivity (Wildman–Crippen MR) is 153 cm³/mol. The van der Waals surface area contributed by atoms with Gasteiger partial charge in [-0.05, 0) is 36.4 Å². The minimum atomic E-state index is -0.190. The van der Waals surface area contributed by atoms with Crippen molar-refractivity contribution in [2.24, 2.45) is 0 Å². The molecule has 0 radical (unpaired) electrons. The maximum absolute atomic E-state index is 11.9. The molecule has 0 fully saturated rings. The van der Waals surface area contributed by atoms with Gasteiger partial charge in [0.05, 0.1) is 35.5 Å². The number of methoxy groups -OCH3 is 2. The third-order valence-corrected chi connectivity index (χ3v) is 5.81. The molecule has 1 N–H and O–H groups in total. The summed E-state index contributed by atoms with van der Waals surface area (Å²) in [4.78, 5) is 27.2. The summed E-state index contributed by atoms with van der Waals surface area (Å²) in [6, 6.07) is 12.8. The van der Waals surface area contributed by atoms with Crippen LogP contribution in [0.25, 0.3) is 22.2 Å². The van der Waals surface area contributed by atoms with Gasteiger partial charge in [-0.15, -0.1) is 0 Å². The quantitative estimate of drug-likeness (QED) is 0.239. The van der Waals surface area contributed by atoms with Crippen LogP contribution in [0, 0.1) is 0 Å². The molecular weight excluding hydrogens is 514 g/mol. The van der Waals surface area contributed by atoms with E-state index in [-0.39, 0.29) is 5.91 Å². The maximum atomic E-state index is 11.9. The Hall–Kier alpha value is -4.48. The Balaban J connectivity index is 1.73. The van der Waals surface area contributed by atoms with E-state index in [0.717, 1.165) is 5.69 Å². The molecule has 4 rings (SSSR count). The highest BCUT2D eigenvalue weighted by Crippen LogP contribution is 2.38. The van der Waals surface area contributed by atoms with Gasteiger partial charge >= 0.3 is 0 Å². The fourth-order valence-corrected chi connectivity index (χ4v) is 3.87.